The SMILES string of the molecule is CCc1nsc(C(CC)C(C)N)n1. The quantitative estimate of drug-likeness (QED) is 0.806. The Balaban J connectivity index is 2.79. The second kappa shape index (κ2) is 4.67. The van der Waals surface area contributed by atoms with E-state index >= 15 is 0 Å². The molecule has 0 fully saturated rings. The Morgan fingerprint density at radius 1 is 1.46 bits per heavy atom. The number of hydrogen-bond donors (Lipinski definition) is 1. The van der Waals surface area contributed by atoms with E-state index in [-0.39, 0.29) is 6.04 Å². The lowest BCUT2D eigenvalue weighted by Crippen LogP contribution is -2.24. The van der Waals surface area contributed by atoms with Crippen molar-refractivity contribution in [2.24, 2.45) is 5.73 Å². The van der Waals surface area contributed by atoms with Gasteiger partial charge < -0.3 is 5.73 Å². The molecule has 0 bridgehead atoms. The molecule has 0 radical (unpaired) electrons. The summed E-state index contributed by atoms with van der Waals surface area (Å²) in [5, 5.41) is 1.09. The molecule has 2 unspecified atom stereocenters. The fourth-order valence-corrected chi connectivity index (χ4v) is 2.36. The molecule has 0 spiro atoms. The molecule has 0 aliphatic heterocycles. The normalized spacial score (nSPS) is 15.7. The first-order valence-corrected chi connectivity index (χ1v) is 5.54. The molecule has 13 heavy (non-hydrogen) atoms. The molecular formula is C9H17N3S. The lowest BCUT2D eigenvalue weighted by Gasteiger charge is -2.14. The summed E-state index contributed by atoms with van der Waals surface area (Å²) in [5.41, 5.74) is 5.87. The van der Waals surface area contributed by atoms with Crippen LogP contribution in [0.5, 0.6) is 0 Å². The van der Waals surface area contributed by atoms with Crippen molar-refractivity contribution < 1.29 is 0 Å². The molecule has 1 rings (SSSR count). The van der Waals surface area contributed by atoms with Gasteiger partial charge in [-0.25, -0.2) is 4.98 Å². The monoisotopic (exact) mass is 199 g/mol. The zero-order valence-electron chi connectivity index (χ0n) is 8.45. The van der Waals surface area contributed by atoms with Gasteiger partial charge in [-0.3, -0.25) is 0 Å². The summed E-state index contributed by atoms with van der Waals surface area (Å²) in [6, 6.07) is 0.169. The Kier molecular flexibility index (Phi) is 3.81. The van der Waals surface area contributed by atoms with E-state index in [9.17, 15) is 0 Å². The van der Waals surface area contributed by atoms with Gasteiger partial charge in [-0.15, -0.1) is 0 Å². The van der Waals surface area contributed by atoms with Crippen LogP contribution in [0.4, 0.5) is 0 Å². The summed E-state index contributed by atoms with van der Waals surface area (Å²) in [6.45, 7) is 6.24. The van der Waals surface area contributed by atoms with Gasteiger partial charge in [-0.2, -0.15) is 4.37 Å². The fraction of sp³-hybridized carbons (Fsp3) is 0.778. The molecule has 0 saturated heterocycles. The summed E-state index contributed by atoms with van der Waals surface area (Å²) in [6.07, 6.45) is 1.95. The van der Waals surface area contributed by atoms with Gasteiger partial charge in [0.1, 0.15) is 10.8 Å². The van der Waals surface area contributed by atoms with E-state index in [1.807, 2.05) is 6.92 Å². The van der Waals surface area contributed by atoms with Crippen molar-refractivity contribution in [3.05, 3.63) is 10.8 Å². The fourth-order valence-electron chi connectivity index (χ4n) is 1.33. The highest BCUT2D eigenvalue weighted by atomic mass is 32.1. The molecule has 1 aromatic rings. The van der Waals surface area contributed by atoms with Crippen molar-refractivity contribution in [1.82, 2.24) is 9.36 Å². The van der Waals surface area contributed by atoms with E-state index in [0.29, 0.717) is 5.92 Å². The predicted octanol–water partition coefficient (Wildman–Crippen LogP) is 1.94. The maximum atomic E-state index is 5.87. The van der Waals surface area contributed by atoms with E-state index in [1.54, 1.807) is 0 Å². The number of nitrogens with zero attached hydrogens (tertiary/aromatic N) is 2. The third kappa shape index (κ3) is 2.48. The average Bonchev–Trinajstić information content (AvgIpc) is 2.53. The van der Waals surface area contributed by atoms with E-state index in [1.165, 1.54) is 11.5 Å². The van der Waals surface area contributed by atoms with Crippen molar-refractivity contribution in [2.75, 3.05) is 0 Å². The topological polar surface area (TPSA) is 51.8 Å². The van der Waals surface area contributed by atoms with Crippen molar-refractivity contribution >= 4 is 11.5 Å². The Hall–Kier alpha value is -0.480. The van der Waals surface area contributed by atoms with Gasteiger partial charge in [0, 0.05) is 18.4 Å². The smallest absolute Gasteiger partial charge is 0.142 e. The molecule has 2 N–H and O–H groups in total. The molecule has 0 aliphatic rings. The highest BCUT2D eigenvalue weighted by Crippen LogP contribution is 2.23. The molecule has 2 atom stereocenters. The van der Waals surface area contributed by atoms with E-state index in [4.69, 9.17) is 5.73 Å². The van der Waals surface area contributed by atoms with Gasteiger partial charge >= 0.3 is 0 Å². The minimum atomic E-state index is 0.169. The number of nitrogens with two attached hydrogens (primary N) is 1. The Morgan fingerprint density at radius 2 is 2.15 bits per heavy atom. The first-order valence-electron chi connectivity index (χ1n) is 4.77. The van der Waals surface area contributed by atoms with Crippen LogP contribution in [0, 0.1) is 0 Å². The second-order valence-corrected chi connectivity index (χ2v) is 4.06. The van der Waals surface area contributed by atoms with Crippen LogP contribution in [-0.4, -0.2) is 15.4 Å². The van der Waals surface area contributed by atoms with E-state index in [0.717, 1.165) is 23.7 Å². The molecule has 74 valence electrons. The summed E-state index contributed by atoms with van der Waals surface area (Å²) in [5.74, 6) is 1.32. The molecule has 4 heteroatoms. The first-order chi connectivity index (χ1) is 6.19. The van der Waals surface area contributed by atoms with Crippen LogP contribution >= 0.6 is 11.5 Å². The zero-order valence-corrected chi connectivity index (χ0v) is 9.27. The number of rotatable bonds is 4. The number of aryl methyl sites for hydroxylation is 1. The maximum Gasteiger partial charge on any atom is 0.142 e. The van der Waals surface area contributed by atoms with Crippen LogP contribution in [0.3, 0.4) is 0 Å². The average molecular weight is 199 g/mol. The molecule has 0 aromatic carbocycles. The van der Waals surface area contributed by atoms with Crippen LogP contribution in [0.25, 0.3) is 0 Å². The Bertz CT molecular complexity index is 257. The van der Waals surface area contributed by atoms with Crippen LogP contribution in [0.15, 0.2) is 0 Å². The first kappa shape index (κ1) is 10.6. The Labute approximate surface area is 83.5 Å². The van der Waals surface area contributed by atoms with Crippen LogP contribution in [0.1, 0.15) is 43.9 Å². The van der Waals surface area contributed by atoms with Gasteiger partial charge in [0.2, 0.25) is 0 Å². The molecule has 1 heterocycles. The standard InChI is InChI=1S/C9H17N3S/c1-4-7(6(3)10)9-11-8(5-2)12-13-9/h6-7H,4-5,10H2,1-3H3. The van der Waals surface area contributed by atoms with Gasteiger partial charge in [0.05, 0.1) is 0 Å². The molecule has 1 aromatic heterocycles. The number of aromatic nitrogens is 2. The third-order valence-corrected chi connectivity index (χ3v) is 3.07. The van der Waals surface area contributed by atoms with Crippen molar-refractivity contribution in [3.63, 3.8) is 0 Å². The molecule has 0 aliphatic carbocycles. The minimum absolute atomic E-state index is 0.169. The Morgan fingerprint density at radius 3 is 2.54 bits per heavy atom. The van der Waals surface area contributed by atoms with Crippen molar-refractivity contribution in [2.45, 2.75) is 45.6 Å². The van der Waals surface area contributed by atoms with Crippen molar-refractivity contribution in [1.29, 1.82) is 0 Å². The summed E-state index contributed by atoms with van der Waals surface area (Å²) in [4.78, 5) is 4.45. The number of hydrogen-bond acceptors (Lipinski definition) is 4. The third-order valence-electron chi connectivity index (χ3n) is 2.19. The van der Waals surface area contributed by atoms with Gasteiger partial charge in [0.15, 0.2) is 0 Å². The molecule has 0 amide bonds. The highest BCUT2D eigenvalue weighted by molar-refractivity contribution is 7.05. The summed E-state index contributed by atoms with van der Waals surface area (Å²) >= 11 is 1.49. The largest absolute Gasteiger partial charge is 0.327 e. The molecule has 0 saturated carbocycles. The van der Waals surface area contributed by atoms with E-state index < -0.39 is 0 Å². The second-order valence-electron chi connectivity index (χ2n) is 3.28. The van der Waals surface area contributed by atoms with Crippen LogP contribution in [-0.2, 0) is 6.42 Å². The molecular weight excluding hydrogens is 182 g/mol. The zero-order chi connectivity index (χ0) is 9.84. The van der Waals surface area contributed by atoms with E-state index in [2.05, 4.69) is 23.2 Å². The molecule has 3 nitrogen and oxygen atoms in total. The lowest BCUT2D eigenvalue weighted by molar-refractivity contribution is 0.549. The van der Waals surface area contributed by atoms with Crippen molar-refractivity contribution in [3.8, 4) is 0 Å². The predicted molar refractivity (Wildman–Crippen MR) is 56.0 cm³/mol. The van der Waals surface area contributed by atoms with Gasteiger partial charge in [-0.05, 0) is 24.9 Å². The van der Waals surface area contributed by atoms with Crippen LogP contribution in [0.2, 0.25) is 0 Å². The van der Waals surface area contributed by atoms with Gasteiger partial charge in [-0.1, -0.05) is 13.8 Å². The summed E-state index contributed by atoms with van der Waals surface area (Å²) < 4.78 is 4.26. The summed E-state index contributed by atoms with van der Waals surface area (Å²) in [7, 11) is 0. The minimum Gasteiger partial charge on any atom is -0.327 e. The highest BCUT2D eigenvalue weighted by Gasteiger charge is 2.18. The lowest BCUT2D eigenvalue weighted by atomic mass is 10.0. The maximum absolute atomic E-state index is 5.87. The van der Waals surface area contributed by atoms with Gasteiger partial charge in [0.25, 0.3) is 0 Å². The van der Waals surface area contributed by atoms with Crippen LogP contribution < -0.4 is 5.73 Å².